The minimum atomic E-state index is 0.935. The van der Waals surface area contributed by atoms with Crippen molar-refractivity contribution in [1.29, 1.82) is 0 Å². The molecule has 0 saturated carbocycles. The van der Waals surface area contributed by atoms with Crippen LogP contribution in [0.3, 0.4) is 0 Å². The number of unbranched alkanes of at least 4 members (excludes halogenated alkanes) is 1. The monoisotopic (exact) mass is 267 g/mol. The summed E-state index contributed by atoms with van der Waals surface area (Å²) >= 11 is 0. The van der Waals surface area contributed by atoms with Gasteiger partial charge in [0.15, 0.2) is 0 Å². The Morgan fingerprint density at radius 3 is 2.35 bits per heavy atom. The second-order valence-corrected chi connectivity index (χ2v) is 5.24. The van der Waals surface area contributed by atoms with Crippen LogP contribution in [0.15, 0.2) is 48.5 Å². The molecule has 0 bridgehead atoms. The van der Waals surface area contributed by atoms with Crippen molar-refractivity contribution in [2.45, 2.75) is 39.7 Å². The molecule has 0 atom stereocenters. The van der Waals surface area contributed by atoms with Gasteiger partial charge in [-0.3, -0.25) is 0 Å². The molecule has 0 heterocycles. The molecular formula is C19H25N. The van der Waals surface area contributed by atoms with E-state index in [-0.39, 0.29) is 0 Å². The average Bonchev–Trinajstić information content (AvgIpc) is 2.52. The minimum Gasteiger partial charge on any atom is -0.313 e. The Morgan fingerprint density at radius 2 is 1.65 bits per heavy atom. The fraction of sp³-hybridized carbons (Fsp3) is 0.368. The molecule has 0 aromatic heterocycles. The predicted molar refractivity (Wildman–Crippen MR) is 87.9 cm³/mol. The van der Waals surface area contributed by atoms with Crippen LogP contribution in [-0.4, -0.2) is 6.54 Å². The maximum Gasteiger partial charge on any atom is 0.0211 e. The van der Waals surface area contributed by atoms with E-state index in [0.717, 1.165) is 13.1 Å². The molecule has 0 unspecified atom stereocenters. The fourth-order valence-electron chi connectivity index (χ4n) is 2.45. The Morgan fingerprint density at radius 1 is 0.900 bits per heavy atom. The summed E-state index contributed by atoms with van der Waals surface area (Å²) in [5, 5.41) is 3.41. The molecule has 2 aromatic carbocycles. The third-order valence-corrected chi connectivity index (χ3v) is 3.67. The second kappa shape index (κ2) is 7.86. The Kier molecular flexibility index (Phi) is 5.82. The topological polar surface area (TPSA) is 12.0 Å². The first kappa shape index (κ1) is 14.8. The molecule has 1 N–H and O–H groups in total. The maximum atomic E-state index is 3.41. The van der Waals surface area contributed by atoms with E-state index < -0.39 is 0 Å². The largest absolute Gasteiger partial charge is 0.313 e. The molecule has 2 rings (SSSR count). The molecule has 2 aromatic rings. The van der Waals surface area contributed by atoms with E-state index in [2.05, 4.69) is 67.7 Å². The number of nitrogens with one attached hydrogen (secondary N) is 1. The Hall–Kier alpha value is -1.60. The van der Waals surface area contributed by atoms with Gasteiger partial charge in [-0.05, 0) is 41.6 Å². The Bertz CT molecular complexity index is 514. The fourth-order valence-corrected chi connectivity index (χ4v) is 2.45. The lowest BCUT2D eigenvalue weighted by Gasteiger charge is -2.11. The molecule has 20 heavy (non-hydrogen) atoms. The Labute approximate surface area is 123 Å². The van der Waals surface area contributed by atoms with Crippen LogP contribution in [-0.2, 0) is 13.0 Å². The summed E-state index contributed by atoms with van der Waals surface area (Å²) < 4.78 is 0. The van der Waals surface area contributed by atoms with Crippen molar-refractivity contribution < 1.29 is 0 Å². The molecule has 0 aliphatic heterocycles. The lowest BCUT2D eigenvalue weighted by Crippen LogP contribution is -2.12. The number of rotatable bonds is 7. The highest BCUT2D eigenvalue weighted by molar-refractivity contribution is 5.67. The van der Waals surface area contributed by atoms with E-state index in [4.69, 9.17) is 0 Å². The molecule has 0 spiro atoms. The summed E-state index contributed by atoms with van der Waals surface area (Å²) in [6.07, 6.45) is 3.72. The van der Waals surface area contributed by atoms with E-state index in [1.165, 1.54) is 41.5 Å². The van der Waals surface area contributed by atoms with Gasteiger partial charge in [-0.25, -0.2) is 0 Å². The van der Waals surface area contributed by atoms with Gasteiger partial charge >= 0.3 is 0 Å². The van der Waals surface area contributed by atoms with E-state index in [0.29, 0.717) is 0 Å². The molecule has 0 fully saturated rings. The molecule has 0 aliphatic rings. The molecule has 0 saturated heterocycles. The van der Waals surface area contributed by atoms with Gasteiger partial charge in [-0.2, -0.15) is 0 Å². The first-order valence-corrected chi connectivity index (χ1v) is 7.73. The van der Waals surface area contributed by atoms with Gasteiger partial charge in [0.1, 0.15) is 0 Å². The van der Waals surface area contributed by atoms with E-state index >= 15 is 0 Å². The highest BCUT2D eigenvalue weighted by atomic mass is 14.8. The number of hydrogen-bond donors (Lipinski definition) is 1. The van der Waals surface area contributed by atoms with Crippen LogP contribution >= 0.6 is 0 Å². The van der Waals surface area contributed by atoms with Gasteiger partial charge in [0.2, 0.25) is 0 Å². The molecule has 1 heteroatoms. The minimum absolute atomic E-state index is 0.935. The summed E-state index contributed by atoms with van der Waals surface area (Å²) in [6.45, 7) is 6.32. The summed E-state index contributed by atoms with van der Waals surface area (Å²) in [4.78, 5) is 0. The maximum absolute atomic E-state index is 3.41. The quantitative estimate of drug-likeness (QED) is 0.759. The van der Waals surface area contributed by atoms with Crippen molar-refractivity contribution in [3.8, 4) is 11.1 Å². The van der Waals surface area contributed by atoms with Crippen LogP contribution in [0.1, 0.15) is 37.8 Å². The van der Waals surface area contributed by atoms with Gasteiger partial charge in [-0.15, -0.1) is 0 Å². The molecule has 0 amide bonds. The zero-order valence-electron chi connectivity index (χ0n) is 12.7. The van der Waals surface area contributed by atoms with E-state index in [1.807, 2.05) is 0 Å². The lowest BCUT2D eigenvalue weighted by molar-refractivity contribution is 0.728. The van der Waals surface area contributed by atoms with Crippen molar-refractivity contribution in [2.24, 2.45) is 0 Å². The highest BCUT2D eigenvalue weighted by Gasteiger charge is 2.04. The zero-order chi connectivity index (χ0) is 14.2. The highest BCUT2D eigenvalue weighted by Crippen LogP contribution is 2.24. The SMILES string of the molecule is CCCCc1ccc(-c2ccccc2CNCC)cc1. The number of hydrogen-bond acceptors (Lipinski definition) is 1. The molecule has 1 nitrogen and oxygen atoms in total. The Balaban J connectivity index is 2.18. The second-order valence-electron chi connectivity index (χ2n) is 5.24. The van der Waals surface area contributed by atoms with Crippen LogP contribution in [0, 0.1) is 0 Å². The molecule has 0 radical (unpaired) electrons. The third kappa shape index (κ3) is 3.94. The first-order valence-electron chi connectivity index (χ1n) is 7.73. The predicted octanol–water partition coefficient (Wildman–Crippen LogP) is 4.81. The summed E-state index contributed by atoms with van der Waals surface area (Å²) in [5.74, 6) is 0. The summed E-state index contributed by atoms with van der Waals surface area (Å²) in [7, 11) is 0. The van der Waals surface area contributed by atoms with Crippen LogP contribution in [0.25, 0.3) is 11.1 Å². The van der Waals surface area contributed by atoms with Crippen molar-refractivity contribution in [1.82, 2.24) is 5.32 Å². The molecular weight excluding hydrogens is 242 g/mol. The lowest BCUT2D eigenvalue weighted by atomic mass is 9.97. The van der Waals surface area contributed by atoms with Gasteiger partial charge in [-0.1, -0.05) is 68.8 Å². The smallest absolute Gasteiger partial charge is 0.0211 e. The number of benzene rings is 2. The summed E-state index contributed by atoms with van der Waals surface area (Å²) in [5.41, 5.74) is 5.48. The molecule has 0 aliphatic carbocycles. The van der Waals surface area contributed by atoms with Crippen LogP contribution in [0.4, 0.5) is 0 Å². The van der Waals surface area contributed by atoms with E-state index in [9.17, 15) is 0 Å². The van der Waals surface area contributed by atoms with Gasteiger partial charge < -0.3 is 5.32 Å². The van der Waals surface area contributed by atoms with Gasteiger partial charge in [0.25, 0.3) is 0 Å². The van der Waals surface area contributed by atoms with E-state index in [1.54, 1.807) is 0 Å². The van der Waals surface area contributed by atoms with Crippen molar-refractivity contribution in [3.63, 3.8) is 0 Å². The standard InChI is InChI=1S/C19H25N/c1-3-5-8-16-11-13-17(14-12-16)19-10-7-6-9-18(19)15-20-4-2/h6-7,9-14,20H,3-5,8,15H2,1-2H3. The van der Waals surface area contributed by atoms with Gasteiger partial charge in [0.05, 0.1) is 0 Å². The van der Waals surface area contributed by atoms with Crippen molar-refractivity contribution >= 4 is 0 Å². The van der Waals surface area contributed by atoms with Crippen molar-refractivity contribution in [3.05, 3.63) is 59.7 Å². The summed E-state index contributed by atoms with van der Waals surface area (Å²) in [6, 6.07) is 17.7. The number of aryl methyl sites for hydroxylation is 1. The molecule has 106 valence electrons. The normalized spacial score (nSPS) is 10.7. The zero-order valence-corrected chi connectivity index (χ0v) is 12.7. The van der Waals surface area contributed by atoms with Crippen LogP contribution in [0.2, 0.25) is 0 Å². The van der Waals surface area contributed by atoms with Crippen LogP contribution in [0.5, 0.6) is 0 Å². The average molecular weight is 267 g/mol. The van der Waals surface area contributed by atoms with Gasteiger partial charge in [0, 0.05) is 6.54 Å². The third-order valence-electron chi connectivity index (χ3n) is 3.67. The first-order chi connectivity index (χ1) is 9.85. The van der Waals surface area contributed by atoms with Crippen molar-refractivity contribution in [2.75, 3.05) is 6.54 Å². The van der Waals surface area contributed by atoms with Crippen LogP contribution < -0.4 is 5.32 Å².